The highest BCUT2D eigenvalue weighted by atomic mass is 79.9. The average molecular weight is 302 g/mol. The molecule has 3 rings (SSSR count). The second-order valence-corrected chi connectivity index (χ2v) is 7.75. The molecule has 0 aromatic heterocycles. The highest BCUT2D eigenvalue weighted by molar-refractivity contribution is 9.25. The van der Waals surface area contributed by atoms with E-state index in [0.717, 1.165) is 11.8 Å². The van der Waals surface area contributed by atoms with Gasteiger partial charge in [0.15, 0.2) is 0 Å². The van der Waals surface area contributed by atoms with E-state index in [1.165, 1.54) is 12.8 Å². The van der Waals surface area contributed by atoms with Crippen LogP contribution in [-0.4, -0.2) is 3.23 Å². The molecule has 0 bridgehead atoms. The summed E-state index contributed by atoms with van der Waals surface area (Å²) in [4.78, 5) is 0. The third kappa shape index (κ3) is 1.15. The molecular weight excluding hydrogens is 292 g/mol. The molecule has 0 heterocycles. The third-order valence-electron chi connectivity index (χ3n) is 3.36. The van der Waals surface area contributed by atoms with Crippen molar-refractivity contribution in [2.24, 2.45) is 11.8 Å². The Hall–Kier alpha value is 0.180. The van der Waals surface area contributed by atoms with Crippen molar-refractivity contribution in [3.05, 3.63) is 35.4 Å². The molecule has 2 heteroatoms. The molecule has 0 spiro atoms. The van der Waals surface area contributed by atoms with Gasteiger partial charge in [0, 0.05) is 0 Å². The van der Waals surface area contributed by atoms with Gasteiger partial charge in [-0.3, -0.25) is 0 Å². The summed E-state index contributed by atoms with van der Waals surface area (Å²) >= 11 is 7.51. The summed E-state index contributed by atoms with van der Waals surface area (Å²) < 4.78 is 0.249. The summed E-state index contributed by atoms with van der Waals surface area (Å²) in [5, 5.41) is 0. The van der Waals surface area contributed by atoms with Crippen LogP contribution in [0.4, 0.5) is 0 Å². The van der Waals surface area contributed by atoms with Crippen LogP contribution in [0.1, 0.15) is 11.1 Å². The van der Waals surface area contributed by atoms with Crippen LogP contribution in [0.5, 0.6) is 0 Å². The van der Waals surface area contributed by atoms with Gasteiger partial charge in [0.1, 0.15) is 0 Å². The summed E-state index contributed by atoms with van der Waals surface area (Å²) in [5.41, 5.74) is 3.09. The number of hydrogen-bond acceptors (Lipinski definition) is 0. The monoisotopic (exact) mass is 300 g/mol. The number of benzene rings is 1. The zero-order chi connectivity index (χ0) is 9.05. The van der Waals surface area contributed by atoms with Crippen molar-refractivity contribution in [1.82, 2.24) is 0 Å². The lowest BCUT2D eigenvalue weighted by Crippen LogP contribution is -2.04. The fraction of sp³-hybridized carbons (Fsp3) is 0.455. The number of hydrogen-bond donors (Lipinski definition) is 0. The SMILES string of the molecule is BrC1(Br)[C@@H]2Cc3ccccc3C[C@@H]21. The molecule has 0 N–H and O–H groups in total. The maximum Gasteiger partial charge on any atom is 0.0875 e. The molecule has 1 aromatic rings. The maximum atomic E-state index is 3.76. The van der Waals surface area contributed by atoms with Crippen LogP contribution in [0.3, 0.4) is 0 Å². The van der Waals surface area contributed by atoms with Gasteiger partial charge in [0.25, 0.3) is 0 Å². The van der Waals surface area contributed by atoms with Crippen LogP contribution >= 0.6 is 31.9 Å². The topological polar surface area (TPSA) is 0 Å². The predicted molar refractivity (Wildman–Crippen MR) is 61.4 cm³/mol. The van der Waals surface area contributed by atoms with Crippen LogP contribution < -0.4 is 0 Å². The summed E-state index contributed by atoms with van der Waals surface area (Å²) in [5.74, 6) is 1.62. The quantitative estimate of drug-likeness (QED) is 0.643. The lowest BCUT2D eigenvalue weighted by atomic mass is 9.92. The fourth-order valence-corrected chi connectivity index (χ4v) is 4.11. The molecule has 68 valence electrons. The first-order chi connectivity index (χ1) is 6.19. The van der Waals surface area contributed by atoms with Crippen LogP contribution in [0.15, 0.2) is 24.3 Å². The molecule has 0 aliphatic heterocycles. The molecule has 0 nitrogen and oxygen atoms in total. The predicted octanol–water partition coefficient (Wildman–Crippen LogP) is 3.52. The van der Waals surface area contributed by atoms with E-state index < -0.39 is 0 Å². The minimum Gasteiger partial charge on any atom is -0.0721 e. The highest BCUT2D eigenvalue weighted by Crippen LogP contribution is 2.66. The van der Waals surface area contributed by atoms with Crippen molar-refractivity contribution in [3.63, 3.8) is 0 Å². The minimum atomic E-state index is 0.249. The first-order valence-electron chi connectivity index (χ1n) is 4.64. The van der Waals surface area contributed by atoms with Crippen molar-refractivity contribution in [1.29, 1.82) is 0 Å². The lowest BCUT2D eigenvalue weighted by Gasteiger charge is -2.12. The highest BCUT2D eigenvalue weighted by Gasteiger charge is 2.62. The summed E-state index contributed by atoms with van der Waals surface area (Å²) in [6, 6.07) is 8.82. The van der Waals surface area contributed by atoms with E-state index in [1.54, 1.807) is 11.1 Å². The van der Waals surface area contributed by atoms with Gasteiger partial charge >= 0.3 is 0 Å². The Balaban J connectivity index is 1.99. The van der Waals surface area contributed by atoms with Gasteiger partial charge in [-0.05, 0) is 35.8 Å². The number of fused-ring (bicyclic) bond motifs is 2. The first kappa shape index (κ1) is 8.49. The first-order valence-corrected chi connectivity index (χ1v) is 6.23. The molecule has 0 radical (unpaired) electrons. The van der Waals surface area contributed by atoms with E-state index in [2.05, 4.69) is 56.1 Å². The van der Waals surface area contributed by atoms with E-state index in [0.29, 0.717) is 0 Å². The van der Waals surface area contributed by atoms with Crippen molar-refractivity contribution < 1.29 is 0 Å². The van der Waals surface area contributed by atoms with Crippen LogP contribution in [0, 0.1) is 11.8 Å². The Bertz CT molecular complexity index is 324. The molecular formula is C11H10Br2. The van der Waals surface area contributed by atoms with Crippen molar-refractivity contribution in [2.45, 2.75) is 16.1 Å². The van der Waals surface area contributed by atoms with Crippen molar-refractivity contribution in [3.8, 4) is 0 Å². The molecule has 13 heavy (non-hydrogen) atoms. The number of halogens is 2. The molecule has 2 atom stereocenters. The zero-order valence-corrected chi connectivity index (χ0v) is 10.3. The van der Waals surface area contributed by atoms with E-state index >= 15 is 0 Å². The maximum absolute atomic E-state index is 3.76. The lowest BCUT2D eigenvalue weighted by molar-refractivity contribution is 0.648. The summed E-state index contributed by atoms with van der Waals surface area (Å²) in [6.45, 7) is 0. The Labute approximate surface area is 95.0 Å². The van der Waals surface area contributed by atoms with Gasteiger partial charge in [0.2, 0.25) is 0 Å². The normalized spacial score (nSPS) is 33.4. The molecule has 2 aliphatic rings. The van der Waals surface area contributed by atoms with Gasteiger partial charge in [-0.15, -0.1) is 0 Å². The minimum absolute atomic E-state index is 0.249. The van der Waals surface area contributed by atoms with E-state index in [-0.39, 0.29) is 3.23 Å². The Morgan fingerprint density at radius 2 is 1.46 bits per heavy atom. The summed E-state index contributed by atoms with van der Waals surface area (Å²) in [7, 11) is 0. The molecule has 1 saturated carbocycles. The van der Waals surface area contributed by atoms with Gasteiger partial charge in [0.05, 0.1) is 3.23 Å². The Kier molecular flexibility index (Phi) is 1.70. The smallest absolute Gasteiger partial charge is 0.0721 e. The van der Waals surface area contributed by atoms with E-state index in [4.69, 9.17) is 0 Å². The second kappa shape index (κ2) is 2.60. The molecule has 0 unspecified atom stereocenters. The zero-order valence-electron chi connectivity index (χ0n) is 7.13. The number of rotatable bonds is 0. The van der Waals surface area contributed by atoms with Crippen LogP contribution in [-0.2, 0) is 12.8 Å². The van der Waals surface area contributed by atoms with Crippen molar-refractivity contribution in [2.75, 3.05) is 0 Å². The summed E-state index contributed by atoms with van der Waals surface area (Å²) in [6.07, 6.45) is 2.47. The van der Waals surface area contributed by atoms with Gasteiger partial charge < -0.3 is 0 Å². The van der Waals surface area contributed by atoms with E-state index in [1.807, 2.05) is 0 Å². The van der Waals surface area contributed by atoms with Crippen LogP contribution in [0.2, 0.25) is 0 Å². The van der Waals surface area contributed by atoms with Crippen LogP contribution in [0.25, 0.3) is 0 Å². The van der Waals surface area contributed by atoms with Crippen molar-refractivity contribution >= 4 is 31.9 Å². The molecule has 0 saturated heterocycles. The van der Waals surface area contributed by atoms with Gasteiger partial charge in [-0.1, -0.05) is 56.1 Å². The van der Waals surface area contributed by atoms with Gasteiger partial charge in [-0.25, -0.2) is 0 Å². The Morgan fingerprint density at radius 1 is 1.00 bits per heavy atom. The van der Waals surface area contributed by atoms with Gasteiger partial charge in [-0.2, -0.15) is 0 Å². The van der Waals surface area contributed by atoms with E-state index in [9.17, 15) is 0 Å². The standard InChI is InChI=1S/C11H10Br2/c12-11(13)9-5-7-3-1-2-4-8(7)6-10(9)11/h1-4,9-10H,5-6H2/t9-,10+. The number of alkyl halides is 2. The molecule has 0 amide bonds. The largest absolute Gasteiger partial charge is 0.0875 e. The molecule has 2 aliphatic carbocycles. The second-order valence-electron chi connectivity index (χ2n) is 4.06. The average Bonchev–Trinajstić information content (AvgIpc) is 2.66. The third-order valence-corrected chi connectivity index (χ3v) is 5.72. The molecule has 1 fully saturated rings. The fourth-order valence-electron chi connectivity index (χ4n) is 2.45. The molecule has 1 aromatic carbocycles. The Morgan fingerprint density at radius 3 is 1.92 bits per heavy atom.